The summed E-state index contributed by atoms with van der Waals surface area (Å²) in [5.74, 6) is 2.90. The van der Waals surface area contributed by atoms with Crippen LogP contribution in [0.1, 0.15) is 76.5 Å². The van der Waals surface area contributed by atoms with E-state index in [-0.39, 0.29) is 0 Å². The van der Waals surface area contributed by atoms with Crippen molar-refractivity contribution in [1.82, 2.24) is 0 Å². The average Bonchev–Trinajstić information content (AvgIpc) is 2.98. The van der Waals surface area contributed by atoms with Gasteiger partial charge in [0.25, 0.3) is 0 Å². The Morgan fingerprint density at radius 2 is 0.923 bits per heavy atom. The lowest BCUT2D eigenvalue weighted by atomic mass is 9.93. The van der Waals surface area contributed by atoms with Crippen LogP contribution in [0.25, 0.3) is 11.1 Å². The molecule has 2 nitrogen and oxygen atoms in total. The molecule has 0 aromatic heterocycles. The summed E-state index contributed by atoms with van der Waals surface area (Å²) in [6.45, 7) is 14.4. The molecule has 208 valence electrons. The van der Waals surface area contributed by atoms with Gasteiger partial charge in [-0.1, -0.05) is 106 Å². The van der Waals surface area contributed by atoms with Crippen molar-refractivity contribution in [1.29, 1.82) is 0 Å². The Morgan fingerprint density at radius 1 is 0.538 bits per heavy atom. The van der Waals surface area contributed by atoms with Crippen molar-refractivity contribution in [3.63, 3.8) is 0 Å². The second kappa shape index (κ2) is 17.1. The second-order valence-electron chi connectivity index (χ2n) is 9.32. The van der Waals surface area contributed by atoms with Crippen LogP contribution in [-0.4, -0.2) is 6.36 Å². The van der Waals surface area contributed by atoms with Crippen LogP contribution in [0.4, 0.5) is 4.39 Å². The summed E-state index contributed by atoms with van der Waals surface area (Å²) in [7, 11) is 0. The first-order valence-corrected chi connectivity index (χ1v) is 14.2. The van der Waals surface area contributed by atoms with Gasteiger partial charge in [0.1, 0.15) is 17.2 Å². The first kappa shape index (κ1) is 31.6. The minimum Gasteiger partial charge on any atom is -0.460 e. The SMILES string of the molecule is CC.CCC(CC)c1ccc(C)cc1.CCC(F)Oc1ccc(-c2ccc(Oc3ccc(C)cc3)cc2)cc1. The maximum Gasteiger partial charge on any atom is 0.238 e. The highest BCUT2D eigenvalue weighted by Crippen LogP contribution is 2.28. The lowest BCUT2D eigenvalue weighted by molar-refractivity contribution is 0.0642. The van der Waals surface area contributed by atoms with E-state index in [9.17, 15) is 4.39 Å². The Hall–Kier alpha value is -3.59. The molecule has 4 aromatic carbocycles. The zero-order valence-electron chi connectivity index (χ0n) is 24.7. The molecular formula is C36H45FO2. The van der Waals surface area contributed by atoms with Crippen LogP contribution in [0, 0.1) is 13.8 Å². The predicted molar refractivity (Wildman–Crippen MR) is 165 cm³/mol. The fourth-order valence-electron chi connectivity index (χ4n) is 4.01. The summed E-state index contributed by atoms with van der Waals surface area (Å²) in [6, 6.07) is 32.2. The Bertz CT molecular complexity index is 1180. The van der Waals surface area contributed by atoms with Gasteiger partial charge in [-0.05, 0) is 85.7 Å². The highest BCUT2D eigenvalue weighted by molar-refractivity contribution is 5.65. The van der Waals surface area contributed by atoms with Gasteiger partial charge in [0.15, 0.2) is 0 Å². The smallest absolute Gasteiger partial charge is 0.238 e. The molecule has 0 aliphatic heterocycles. The zero-order chi connectivity index (χ0) is 28.6. The largest absolute Gasteiger partial charge is 0.460 e. The average molecular weight is 529 g/mol. The molecular weight excluding hydrogens is 483 g/mol. The van der Waals surface area contributed by atoms with Crippen LogP contribution in [-0.2, 0) is 0 Å². The number of hydrogen-bond acceptors (Lipinski definition) is 2. The molecule has 0 radical (unpaired) electrons. The highest BCUT2D eigenvalue weighted by Gasteiger charge is 2.06. The van der Waals surface area contributed by atoms with Gasteiger partial charge in [0.2, 0.25) is 6.36 Å². The molecule has 0 heterocycles. The summed E-state index contributed by atoms with van der Waals surface area (Å²) in [4.78, 5) is 0. The van der Waals surface area contributed by atoms with Gasteiger partial charge in [-0.15, -0.1) is 0 Å². The third kappa shape index (κ3) is 10.6. The maximum atomic E-state index is 13.3. The Kier molecular flexibility index (Phi) is 13.9. The Labute approximate surface area is 235 Å². The minimum atomic E-state index is -1.26. The lowest BCUT2D eigenvalue weighted by Gasteiger charge is -2.12. The van der Waals surface area contributed by atoms with E-state index in [0.717, 1.165) is 28.5 Å². The molecule has 0 saturated carbocycles. The molecule has 4 rings (SSSR count). The van der Waals surface area contributed by atoms with Gasteiger partial charge < -0.3 is 9.47 Å². The fraction of sp³-hybridized carbons (Fsp3) is 0.333. The van der Waals surface area contributed by atoms with Gasteiger partial charge in [0.05, 0.1) is 0 Å². The molecule has 0 amide bonds. The van der Waals surface area contributed by atoms with E-state index >= 15 is 0 Å². The van der Waals surface area contributed by atoms with E-state index in [1.54, 1.807) is 19.1 Å². The van der Waals surface area contributed by atoms with Crippen molar-refractivity contribution in [2.45, 2.75) is 80.0 Å². The summed E-state index contributed by atoms with van der Waals surface area (Å²) in [5.41, 5.74) is 6.15. The molecule has 0 bridgehead atoms. The van der Waals surface area contributed by atoms with Gasteiger partial charge in [-0.3, -0.25) is 0 Å². The number of hydrogen-bond donors (Lipinski definition) is 0. The molecule has 0 fully saturated rings. The van der Waals surface area contributed by atoms with Crippen LogP contribution < -0.4 is 9.47 Å². The normalized spacial score (nSPS) is 11.0. The van der Waals surface area contributed by atoms with Crippen molar-refractivity contribution in [2.24, 2.45) is 0 Å². The Balaban J connectivity index is 0.000000320. The third-order valence-corrected chi connectivity index (χ3v) is 6.42. The Morgan fingerprint density at radius 3 is 1.33 bits per heavy atom. The second-order valence-corrected chi connectivity index (χ2v) is 9.32. The standard InChI is InChI=1S/C22H21FO2.C12H18.C2H6/c1-3-22(23)25-21-14-8-18(9-15-21)17-6-12-20(13-7-17)24-19-10-4-16(2)5-11-19;1-4-11(5-2)12-8-6-10(3)7-9-12;1-2/h4-15,22H,3H2,1-2H3;6-9,11H,4-5H2,1-3H3;1-2H3. The molecule has 1 atom stereocenters. The number of aryl methyl sites for hydroxylation is 2. The number of benzene rings is 4. The van der Waals surface area contributed by atoms with E-state index in [4.69, 9.17) is 9.47 Å². The monoisotopic (exact) mass is 528 g/mol. The van der Waals surface area contributed by atoms with Crippen molar-refractivity contribution >= 4 is 0 Å². The maximum absolute atomic E-state index is 13.3. The molecule has 4 aromatic rings. The van der Waals surface area contributed by atoms with Crippen LogP contribution >= 0.6 is 0 Å². The topological polar surface area (TPSA) is 18.5 Å². The van der Waals surface area contributed by atoms with E-state index in [0.29, 0.717) is 12.2 Å². The van der Waals surface area contributed by atoms with Crippen LogP contribution in [0.3, 0.4) is 0 Å². The molecule has 0 aliphatic carbocycles. The number of halogens is 1. The van der Waals surface area contributed by atoms with Gasteiger partial charge >= 0.3 is 0 Å². The van der Waals surface area contributed by atoms with E-state index in [1.165, 1.54) is 29.5 Å². The molecule has 0 aliphatic rings. The van der Waals surface area contributed by atoms with Crippen molar-refractivity contribution in [3.8, 4) is 28.4 Å². The van der Waals surface area contributed by atoms with Crippen LogP contribution in [0.2, 0.25) is 0 Å². The highest BCUT2D eigenvalue weighted by atomic mass is 19.1. The molecule has 0 spiro atoms. The third-order valence-electron chi connectivity index (χ3n) is 6.42. The fourth-order valence-corrected chi connectivity index (χ4v) is 4.01. The predicted octanol–water partition coefficient (Wildman–Crippen LogP) is 11.5. The van der Waals surface area contributed by atoms with E-state index in [2.05, 4.69) is 45.0 Å². The van der Waals surface area contributed by atoms with E-state index in [1.807, 2.05) is 81.4 Å². The van der Waals surface area contributed by atoms with Gasteiger partial charge in [-0.25, -0.2) is 4.39 Å². The molecule has 39 heavy (non-hydrogen) atoms. The first-order valence-electron chi connectivity index (χ1n) is 14.2. The summed E-state index contributed by atoms with van der Waals surface area (Å²) >= 11 is 0. The number of ether oxygens (including phenoxy) is 2. The molecule has 0 saturated heterocycles. The quantitative estimate of drug-likeness (QED) is 0.215. The molecule has 3 heteroatoms. The zero-order valence-corrected chi connectivity index (χ0v) is 24.7. The van der Waals surface area contributed by atoms with Gasteiger partial charge in [-0.2, -0.15) is 0 Å². The summed E-state index contributed by atoms with van der Waals surface area (Å²) in [5, 5.41) is 0. The molecule has 1 unspecified atom stereocenters. The van der Waals surface area contributed by atoms with Crippen molar-refractivity contribution in [2.75, 3.05) is 0 Å². The minimum absolute atomic E-state index is 0.337. The lowest BCUT2D eigenvalue weighted by Crippen LogP contribution is -2.07. The van der Waals surface area contributed by atoms with Crippen molar-refractivity contribution in [3.05, 3.63) is 114 Å². The molecule has 0 N–H and O–H groups in total. The number of alkyl halides is 1. The van der Waals surface area contributed by atoms with E-state index < -0.39 is 6.36 Å². The van der Waals surface area contributed by atoms with Crippen LogP contribution in [0.15, 0.2) is 97.1 Å². The van der Waals surface area contributed by atoms with Gasteiger partial charge in [0, 0.05) is 6.42 Å². The van der Waals surface area contributed by atoms with Crippen LogP contribution in [0.5, 0.6) is 17.2 Å². The van der Waals surface area contributed by atoms with Crippen molar-refractivity contribution < 1.29 is 13.9 Å². The first-order chi connectivity index (χ1) is 18.9. The summed E-state index contributed by atoms with van der Waals surface area (Å²) in [6.07, 6.45) is 1.58. The summed E-state index contributed by atoms with van der Waals surface area (Å²) < 4.78 is 24.2. The number of rotatable bonds is 9.